The lowest BCUT2D eigenvalue weighted by Crippen LogP contribution is -2.29. The van der Waals surface area contributed by atoms with E-state index in [1.54, 1.807) is 17.4 Å². The van der Waals surface area contributed by atoms with Gasteiger partial charge >= 0.3 is 0 Å². The highest BCUT2D eigenvalue weighted by molar-refractivity contribution is 7.09. The van der Waals surface area contributed by atoms with Crippen molar-refractivity contribution in [1.29, 1.82) is 0 Å². The number of hydrogen-bond acceptors (Lipinski definition) is 4. The van der Waals surface area contributed by atoms with E-state index >= 15 is 0 Å². The van der Waals surface area contributed by atoms with Crippen LogP contribution in [0.25, 0.3) is 11.3 Å². The number of nitrogens with zero attached hydrogens (tertiary/aromatic N) is 2. The summed E-state index contributed by atoms with van der Waals surface area (Å²) in [7, 11) is 0. The zero-order chi connectivity index (χ0) is 19.2. The molecule has 1 amide bonds. The number of amides is 1. The smallest absolute Gasteiger partial charge is 0.266 e. The fourth-order valence-corrected chi connectivity index (χ4v) is 3.45. The Labute approximate surface area is 162 Å². The number of thiophene rings is 1. The Bertz CT molecular complexity index is 977. The first kappa shape index (κ1) is 19.0. The van der Waals surface area contributed by atoms with Gasteiger partial charge in [-0.15, -0.1) is 11.3 Å². The summed E-state index contributed by atoms with van der Waals surface area (Å²) < 4.78 is 1.36. The van der Waals surface area contributed by atoms with Gasteiger partial charge in [0, 0.05) is 29.5 Å². The largest absolute Gasteiger partial charge is 0.356 e. The first-order valence-electron chi connectivity index (χ1n) is 8.98. The Hall–Kier alpha value is -2.73. The third-order valence-corrected chi connectivity index (χ3v) is 5.43. The monoisotopic (exact) mass is 381 g/mol. The van der Waals surface area contributed by atoms with Gasteiger partial charge in [-0.3, -0.25) is 9.59 Å². The van der Waals surface area contributed by atoms with E-state index in [1.165, 1.54) is 26.8 Å². The van der Waals surface area contributed by atoms with Crippen LogP contribution in [0.1, 0.15) is 22.4 Å². The summed E-state index contributed by atoms with van der Waals surface area (Å²) in [4.78, 5) is 25.4. The van der Waals surface area contributed by atoms with E-state index in [-0.39, 0.29) is 24.4 Å². The second-order valence-corrected chi connectivity index (χ2v) is 7.54. The molecule has 0 saturated heterocycles. The molecular formula is C21H23N3O2S. The Balaban J connectivity index is 1.60. The third kappa shape index (κ3) is 5.14. The average molecular weight is 382 g/mol. The number of carbonyl (C=O) groups is 1. The number of nitrogens with one attached hydrogen (secondary N) is 1. The van der Waals surface area contributed by atoms with E-state index in [9.17, 15) is 9.59 Å². The highest BCUT2D eigenvalue weighted by atomic mass is 32.1. The summed E-state index contributed by atoms with van der Waals surface area (Å²) in [6.45, 7) is 4.98. The number of hydrogen-bond donors (Lipinski definition) is 1. The molecule has 6 heteroatoms. The van der Waals surface area contributed by atoms with E-state index in [4.69, 9.17) is 0 Å². The van der Waals surface area contributed by atoms with Crippen LogP contribution in [-0.2, 0) is 17.8 Å². The van der Waals surface area contributed by atoms with Gasteiger partial charge in [-0.25, -0.2) is 4.68 Å². The van der Waals surface area contributed by atoms with Crippen LogP contribution in [0.2, 0.25) is 0 Å². The van der Waals surface area contributed by atoms with Gasteiger partial charge in [-0.2, -0.15) is 5.10 Å². The molecule has 1 N–H and O–H groups in total. The van der Waals surface area contributed by atoms with Crippen molar-refractivity contribution in [2.75, 3.05) is 6.54 Å². The maximum Gasteiger partial charge on any atom is 0.266 e. The molecule has 140 valence electrons. The van der Waals surface area contributed by atoms with E-state index in [0.717, 1.165) is 17.7 Å². The molecule has 0 radical (unpaired) electrons. The van der Waals surface area contributed by atoms with Gasteiger partial charge in [0.1, 0.15) is 0 Å². The maximum absolute atomic E-state index is 12.1. The molecule has 0 aliphatic rings. The zero-order valence-electron chi connectivity index (χ0n) is 15.6. The highest BCUT2D eigenvalue weighted by Gasteiger charge is 2.07. The lowest BCUT2D eigenvalue weighted by molar-refractivity contribution is -0.121. The van der Waals surface area contributed by atoms with Crippen LogP contribution in [0.15, 0.2) is 52.6 Å². The molecule has 27 heavy (non-hydrogen) atoms. The predicted molar refractivity (Wildman–Crippen MR) is 109 cm³/mol. The average Bonchev–Trinajstić information content (AvgIpc) is 3.17. The molecule has 0 atom stereocenters. The second kappa shape index (κ2) is 8.77. The summed E-state index contributed by atoms with van der Waals surface area (Å²) in [5.41, 5.74) is 3.89. The molecule has 2 aromatic heterocycles. The second-order valence-electron chi connectivity index (χ2n) is 6.51. The minimum Gasteiger partial charge on any atom is -0.356 e. The van der Waals surface area contributed by atoms with Gasteiger partial charge in [0.2, 0.25) is 5.91 Å². The van der Waals surface area contributed by atoms with Crippen molar-refractivity contribution in [1.82, 2.24) is 15.1 Å². The van der Waals surface area contributed by atoms with Crippen LogP contribution in [0, 0.1) is 13.8 Å². The summed E-state index contributed by atoms with van der Waals surface area (Å²) in [5.74, 6) is -0.0724. The minimum absolute atomic E-state index is 0.0724. The molecule has 0 aliphatic heterocycles. The summed E-state index contributed by atoms with van der Waals surface area (Å²) >= 11 is 1.68. The van der Waals surface area contributed by atoms with Crippen molar-refractivity contribution >= 4 is 17.2 Å². The molecule has 0 fully saturated rings. The molecular weight excluding hydrogens is 358 g/mol. The maximum atomic E-state index is 12.1. The normalized spacial score (nSPS) is 10.7. The van der Waals surface area contributed by atoms with Crippen molar-refractivity contribution in [3.05, 3.63) is 74.2 Å². The van der Waals surface area contributed by atoms with Gasteiger partial charge in [0.25, 0.3) is 5.56 Å². The van der Waals surface area contributed by atoms with E-state index in [1.807, 2.05) is 23.6 Å². The first-order chi connectivity index (χ1) is 13.0. The van der Waals surface area contributed by atoms with Crippen LogP contribution >= 0.6 is 11.3 Å². The Morgan fingerprint density at radius 2 is 2.00 bits per heavy atom. The molecule has 0 aliphatic carbocycles. The Kier molecular flexibility index (Phi) is 6.19. The fourth-order valence-electron chi connectivity index (χ4n) is 2.74. The van der Waals surface area contributed by atoms with Crippen molar-refractivity contribution in [3.8, 4) is 11.3 Å². The molecule has 2 heterocycles. The predicted octanol–water partition coefficient (Wildman–Crippen LogP) is 3.34. The molecule has 0 spiro atoms. The lowest BCUT2D eigenvalue weighted by Gasteiger charge is -2.09. The molecule has 3 rings (SSSR count). The van der Waals surface area contributed by atoms with E-state index < -0.39 is 0 Å². The summed E-state index contributed by atoms with van der Waals surface area (Å²) in [6.07, 6.45) is 1.05. The Morgan fingerprint density at radius 1 is 1.15 bits per heavy atom. The number of benzene rings is 1. The molecule has 1 aromatic carbocycles. The van der Waals surface area contributed by atoms with Crippen LogP contribution < -0.4 is 10.9 Å². The summed E-state index contributed by atoms with van der Waals surface area (Å²) in [6, 6.07) is 13.4. The van der Waals surface area contributed by atoms with Crippen LogP contribution in [0.4, 0.5) is 0 Å². The van der Waals surface area contributed by atoms with Gasteiger partial charge in [0.05, 0.1) is 12.2 Å². The lowest BCUT2D eigenvalue weighted by atomic mass is 10.0. The van der Waals surface area contributed by atoms with Crippen molar-refractivity contribution in [2.24, 2.45) is 0 Å². The topological polar surface area (TPSA) is 64.0 Å². The van der Waals surface area contributed by atoms with Gasteiger partial charge < -0.3 is 5.32 Å². The first-order valence-corrected chi connectivity index (χ1v) is 9.86. The number of rotatable bonds is 7. The van der Waals surface area contributed by atoms with Gasteiger partial charge in [-0.1, -0.05) is 18.2 Å². The van der Waals surface area contributed by atoms with Crippen LogP contribution in [0.3, 0.4) is 0 Å². The van der Waals surface area contributed by atoms with Crippen molar-refractivity contribution in [3.63, 3.8) is 0 Å². The van der Waals surface area contributed by atoms with E-state index in [0.29, 0.717) is 6.54 Å². The highest BCUT2D eigenvalue weighted by Crippen LogP contribution is 2.19. The molecule has 0 unspecified atom stereocenters. The summed E-state index contributed by atoms with van der Waals surface area (Å²) in [5, 5.41) is 9.35. The minimum atomic E-state index is -0.200. The number of carbonyl (C=O) groups excluding carboxylic acids is 1. The van der Waals surface area contributed by atoms with Crippen LogP contribution in [-0.4, -0.2) is 22.2 Å². The molecule has 0 bridgehead atoms. The molecule has 3 aromatic rings. The third-order valence-electron chi connectivity index (χ3n) is 4.49. The van der Waals surface area contributed by atoms with Crippen molar-refractivity contribution in [2.45, 2.75) is 33.2 Å². The quantitative estimate of drug-likeness (QED) is 0.683. The van der Waals surface area contributed by atoms with Gasteiger partial charge in [-0.05, 0) is 55.0 Å². The number of aromatic nitrogens is 2. The van der Waals surface area contributed by atoms with Crippen molar-refractivity contribution < 1.29 is 4.79 Å². The molecule has 5 nitrogen and oxygen atoms in total. The SMILES string of the molecule is Cc1ccc(-c2ccc(=O)n(CCC(=O)NCCc3cccs3)n2)cc1C. The van der Waals surface area contributed by atoms with Crippen LogP contribution in [0.5, 0.6) is 0 Å². The zero-order valence-corrected chi connectivity index (χ0v) is 16.4. The fraction of sp³-hybridized carbons (Fsp3) is 0.286. The van der Waals surface area contributed by atoms with Gasteiger partial charge in [0.15, 0.2) is 0 Å². The standard InChI is InChI=1S/C21H23N3O2S/c1-15-5-6-17(14-16(15)2)19-7-8-21(26)24(23-19)12-10-20(25)22-11-9-18-4-3-13-27-18/h3-8,13-14H,9-12H2,1-2H3,(H,22,25). The Morgan fingerprint density at radius 3 is 2.74 bits per heavy atom. The van der Waals surface area contributed by atoms with E-state index in [2.05, 4.69) is 36.4 Å². The number of aryl methyl sites for hydroxylation is 3. The molecule has 0 saturated carbocycles.